The zero-order valence-electron chi connectivity index (χ0n) is 13.4. The number of aromatic nitrogens is 2. The van der Waals surface area contributed by atoms with Gasteiger partial charge in [0.1, 0.15) is 11.6 Å². The van der Waals surface area contributed by atoms with Crippen LogP contribution < -0.4 is 5.32 Å². The van der Waals surface area contributed by atoms with Gasteiger partial charge in [-0.25, -0.2) is 9.97 Å². The maximum atomic E-state index is 6.10. The number of anilines is 1. The Morgan fingerprint density at radius 3 is 2.35 bits per heavy atom. The second kappa shape index (κ2) is 5.30. The summed E-state index contributed by atoms with van der Waals surface area (Å²) in [5.74, 6) is 1.74. The molecule has 0 saturated carbocycles. The molecule has 0 aliphatic carbocycles. The molecule has 2 rings (SSSR count). The van der Waals surface area contributed by atoms with Gasteiger partial charge in [-0.1, -0.05) is 0 Å². The summed E-state index contributed by atoms with van der Waals surface area (Å²) in [6.07, 6.45) is 0. The van der Waals surface area contributed by atoms with E-state index in [0.29, 0.717) is 0 Å². The molecule has 5 heteroatoms. The molecule has 0 aromatic carbocycles. The van der Waals surface area contributed by atoms with E-state index in [1.54, 1.807) is 0 Å². The molecule has 5 nitrogen and oxygen atoms in total. The van der Waals surface area contributed by atoms with Crippen molar-refractivity contribution >= 4 is 5.82 Å². The van der Waals surface area contributed by atoms with Crippen LogP contribution in [0.4, 0.5) is 5.82 Å². The first-order valence-corrected chi connectivity index (χ1v) is 7.14. The van der Waals surface area contributed by atoms with E-state index in [4.69, 9.17) is 4.74 Å². The molecule has 1 saturated heterocycles. The number of nitrogens with one attached hydrogen (secondary N) is 1. The van der Waals surface area contributed by atoms with Crippen molar-refractivity contribution in [2.45, 2.75) is 52.4 Å². The number of rotatable bonds is 3. The monoisotopic (exact) mass is 278 g/mol. The summed E-state index contributed by atoms with van der Waals surface area (Å²) in [5.41, 5.74) is 0.709. The molecule has 1 aromatic rings. The Labute approximate surface area is 121 Å². The molecule has 112 valence electrons. The third-order valence-electron chi connectivity index (χ3n) is 3.28. The highest BCUT2D eigenvalue weighted by Crippen LogP contribution is 2.28. The zero-order valence-corrected chi connectivity index (χ0v) is 13.4. The van der Waals surface area contributed by atoms with Gasteiger partial charge in [0.15, 0.2) is 0 Å². The van der Waals surface area contributed by atoms with Gasteiger partial charge in [0, 0.05) is 31.9 Å². The van der Waals surface area contributed by atoms with Gasteiger partial charge in [-0.3, -0.25) is 4.90 Å². The lowest BCUT2D eigenvalue weighted by atomic mass is 9.99. The molecule has 1 aliphatic heterocycles. The molecule has 0 spiro atoms. The van der Waals surface area contributed by atoms with Crippen molar-refractivity contribution in [3.05, 3.63) is 17.6 Å². The Kier molecular flexibility index (Phi) is 4.02. The fourth-order valence-electron chi connectivity index (χ4n) is 3.09. The fourth-order valence-corrected chi connectivity index (χ4v) is 3.09. The molecule has 1 fully saturated rings. The molecule has 1 aliphatic rings. The molecule has 0 bridgehead atoms. The van der Waals surface area contributed by atoms with Crippen molar-refractivity contribution in [1.82, 2.24) is 14.9 Å². The first-order valence-electron chi connectivity index (χ1n) is 7.14. The number of hydrogen-bond acceptors (Lipinski definition) is 5. The Morgan fingerprint density at radius 1 is 1.20 bits per heavy atom. The van der Waals surface area contributed by atoms with Crippen molar-refractivity contribution in [3.8, 4) is 0 Å². The van der Waals surface area contributed by atoms with Crippen LogP contribution in [0.15, 0.2) is 6.07 Å². The first-order chi connectivity index (χ1) is 9.19. The lowest BCUT2D eigenvalue weighted by Gasteiger charge is -2.47. The Balaban J connectivity index is 2.15. The van der Waals surface area contributed by atoms with Crippen LogP contribution in [0.25, 0.3) is 0 Å². The van der Waals surface area contributed by atoms with E-state index in [1.807, 2.05) is 20.0 Å². The van der Waals surface area contributed by atoms with Gasteiger partial charge in [-0.15, -0.1) is 0 Å². The van der Waals surface area contributed by atoms with E-state index in [9.17, 15) is 0 Å². The van der Waals surface area contributed by atoms with E-state index in [1.165, 1.54) is 0 Å². The second-order valence-electron chi connectivity index (χ2n) is 6.83. The van der Waals surface area contributed by atoms with Crippen molar-refractivity contribution in [2.75, 3.05) is 25.5 Å². The van der Waals surface area contributed by atoms with E-state index in [2.05, 4.69) is 47.9 Å². The summed E-state index contributed by atoms with van der Waals surface area (Å²) in [4.78, 5) is 11.4. The van der Waals surface area contributed by atoms with Gasteiger partial charge in [-0.05, 0) is 34.6 Å². The van der Waals surface area contributed by atoms with Crippen molar-refractivity contribution < 1.29 is 4.74 Å². The molecular weight excluding hydrogens is 252 g/mol. The molecule has 0 atom stereocenters. The predicted molar refractivity (Wildman–Crippen MR) is 80.8 cm³/mol. The van der Waals surface area contributed by atoms with Gasteiger partial charge in [-0.2, -0.15) is 0 Å². The SMILES string of the molecule is CNc1cc(C)nc(CN2CC(C)(C)OC(C)(C)C2)n1. The minimum absolute atomic E-state index is 0.141. The molecule has 1 aromatic heterocycles. The Hall–Kier alpha value is -1.20. The Bertz CT molecular complexity index is 469. The van der Waals surface area contributed by atoms with Gasteiger partial charge < -0.3 is 10.1 Å². The third kappa shape index (κ3) is 3.90. The average molecular weight is 278 g/mol. The highest BCUT2D eigenvalue weighted by Gasteiger charge is 2.38. The minimum Gasteiger partial charge on any atom is -0.373 e. The summed E-state index contributed by atoms with van der Waals surface area (Å²) >= 11 is 0. The van der Waals surface area contributed by atoms with Gasteiger partial charge in [0.2, 0.25) is 0 Å². The van der Waals surface area contributed by atoms with Crippen LogP contribution in [-0.4, -0.2) is 46.2 Å². The fraction of sp³-hybridized carbons (Fsp3) is 0.733. The molecule has 0 unspecified atom stereocenters. The van der Waals surface area contributed by atoms with E-state index < -0.39 is 0 Å². The van der Waals surface area contributed by atoms with Gasteiger partial charge >= 0.3 is 0 Å². The maximum absolute atomic E-state index is 6.10. The summed E-state index contributed by atoms with van der Waals surface area (Å²) in [5, 5.41) is 3.08. The topological polar surface area (TPSA) is 50.3 Å². The van der Waals surface area contributed by atoms with Crippen LogP contribution in [0.1, 0.15) is 39.2 Å². The van der Waals surface area contributed by atoms with E-state index in [-0.39, 0.29) is 11.2 Å². The van der Waals surface area contributed by atoms with Gasteiger partial charge in [0.05, 0.1) is 17.7 Å². The predicted octanol–water partition coefficient (Wildman–Crippen LogP) is 2.22. The third-order valence-corrected chi connectivity index (χ3v) is 3.28. The molecule has 0 amide bonds. The average Bonchev–Trinajstić information content (AvgIpc) is 2.23. The zero-order chi connectivity index (χ0) is 15.0. The largest absolute Gasteiger partial charge is 0.373 e. The molecular formula is C15H26N4O. The van der Waals surface area contributed by atoms with Crippen LogP contribution in [-0.2, 0) is 11.3 Å². The molecule has 20 heavy (non-hydrogen) atoms. The molecule has 1 N–H and O–H groups in total. The van der Waals surface area contributed by atoms with Crippen molar-refractivity contribution in [3.63, 3.8) is 0 Å². The normalized spacial score (nSPS) is 21.7. The van der Waals surface area contributed by atoms with Crippen molar-refractivity contribution in [1.29, 1.82) is 0 Å². The summed E-state index contributed by atoms with van der Waals surface area (Å²) < 4.78 is 6.10. The smallest absolute Gasteiger partial charge is 0.144 e. The minimum atomic E-state index is -0.141. The summed E-state index contributed by atoms with van der Waals surface area (Å²) in [6, 6.07) is 1.96. The lowest BCUT2D eigenvalue weighted by molar-refractivity contribution is -0.182. The molecule has 0 radical (unpaired) electrons. The number of hydrogen-bond donors (Lipinski definition) is 1. The molecule has 2 heterocycles. The van der Waals surface area contributed by atoms with E-state index in [0.717, 1.165) is 37.0 Å². The van der Waals surface area contributed by atoms with Crippen LogP contribution in [0.3, 0.4) is 0 Å². The van der Waals surface area contributed by atoms with E-state index >= 15 is 0 Å². The number of morpholine rings is 1. The van der Waals surface area contributed by atoms with Gasteiger partial charge in [0.25, 0.3) is 0 Å². The highest BCUT2D eigenvalue weighted by molar-refractivity contribution is 5.34. The lowest BCUT2D eigenvalue weighted by Crippen LogP contribution is -2.56. The Morgan fingerprint density at radius 2 is 1.80 bits per heavy atom. The number of ether oxygens (including phenoxy) is 1. The van der Waals surface area contributed by atoms with Crippen LogP contribution in [0, 0.1) is 6.92 Å². The van der Waals surface area contributed by atoms with Crippen LogP contribution in [0.5, 0.6) is 0 Å². The highest BCUT2D eigenvalue weighted by atomic mass is 16.5. The van der Waals surface area contributed by atoms with Crippen LogP contribution in [0.2, 0.25) is 0 Å². The summed E-state index contributed by atoms with van der Waals surface area (Å²) in [6.45, 7) is 13.1. The van der Waals surface area contributed by atoms with Crippen molar-refractivity contribution in [2.24, 2.45) is 0 Å². The number of nitrogens with zero attached hydrogens (tertiary/aromatic N) is 3. The first kappa shape index (κ1) is 15.2. The van der Waals surface area contributed by atoms with Crippen LogP contribution >= 0.6 is 0 Å². The quantitative estimate of drug-likeness (QED) is 0.918. The maximum Gasteiger partial charge on any atom is 0.144 e. The standard InChI is InChI=1S/C15H26N4O/c1-11-7-12(16-6)18-13(17-11)8-19-9-14(2,3)20-15(4,5)10-19/h7H,8-10H2,1-6H3,(H,16,17,18). The second-order valence-corrected chi connectivity index (χ2v) is 6.83. The number of aryl methyl sites for hydroxylation is 1. The summed E-state index contributed by atoms with van der Waals surface area (Å²) in [7, 11) is 1.88.